The van der Waals surface area contributed by atoms with Crippen LogP contribution in [0.2, 0.25) is 0 Å². The Morgan fingerprint density at radius 3 is 2.25 bits per heavy atom. The minimum absolute atomic E-state index is 0.0708. The van der Waals surface area contributed by atoms with Crippen LogP contribution >= 0.6 is 0 Å². The van der Waals surface area contributed by atoms with E-state index in [1.165, 1.54) is 0 Å². The van der Waals surface area contributed by atoms with Gasteiger partial charge in [0.15, 0.2) is 0 Å². The molecule has 0 aromatic rings. The van der Waals surface area contributed by atoms with E-state index in [0.717, 1.165) is 19.3 Å². The van der Waals surface area contributed by atoms with Gasteiger partial charge in [0, 0.05) is 6.04 Å². The average molecular weight is 286 g/mol. The van der Waals surface area contributed by atoms with E-state index in [1.807, 2.05) is 0 Å². The molecule has 0 aromatic heterocycles. The number of nitrogens with one attached hydrogen (secondary N) is 2. The molecule has 0 heterocycles. The standard InChI is InChI=1S/C13H22N2O5/c1-8-3-9(2)5-10(4-8)14-13(19)15-11(16)6-20-7-12(17)18/h8-10H,3-7H2,1-2H3,(H,17,18)(H2,14,15,16,19). The molecule has 1 aliphatic carbocycles. The summed E-state index contributed by atoms with van der Waals surface area (Å²) in [6.07, 6.45) is 2.96. The molecule has 20 heavy (non-hydrogen) atoms. The average Bonchev–Trinajstić information content (AvgIpc) is 2.25. The molecule has 0 radical (unpaired) electrons. The third-order valence-electron chi connectivity index (χ3n) is 3.23. The molecule has 3 amide bonds. The van der Waals surface area contributed by atoms with E-state index in [4.69, 9.17) is 5.11 Å². The Balaban J connectivity index is 2.25. The van der Waals surface area contributed by atoms with Gasteiger partial charge in [0.2, 0.25) is 0 Å². The second kappa shape index (κ2) is 7.84. The maximum absolute atomic E-state index is 11.6. The molecule has 0 aliphatic heterocycles. The summed E-state index contributed by atoms with van der Waals surface area (Å²) in [6, 6.07) is -0.485. The highest BCUT2D eigenvalue weighted by molar-refractivity contribution is 5.95. The van der Waals surface area contributed by atoms with E-state index < -0.39 is 31.1 Å². The number of carboxylic acid groups (broad SMARTS) is 1. The Labute approximate surface area is 118 Å². The van der Waals surface area contributed by atoms with Crippen molar-refractivity contribution in [3.63, 3.8) is 0 Å². The lowest BCUT2D eigenvalue weighted by atomic mass is 9.80. The first-order valence-corrected chi connectivity index (χ1v) is 6.76. The largest absolute Gasteiger partial charge is 0.480 e. The number of imide groups is 1. The van der Waals surface area contributed by atoms with Gasteiger partial charge in [-0.05, 0) is 31.1 Å². The first-order chi connectivity index (χ1) is 9.36. The predicted octanol–water partition coefficient (Wildman–Crippen LogP) is 0.738. The minimum atomic E-state index is -1.16. The third-order valence-corrected chi connectivity index (χ3v) is 3.23. The number of aliphatic carboxylic acids is 1. The molecule has 1 fully saturated rings. The number of carboxylic acids is 1. The molecule has 1 saturated carbocycles. The molecule has 7 nitrogen and oxygen atoms in total. The van der Waals surface area contributed by atoms with Gasteiger partial charge < -0.3 is 15.2 Å². The second-order valence-electron chi connectivity index (χ2n) is 5.52. The van der Waals surface area contributed by atoms with Crippen LogP contribution in [0.3, 0.4) is 0 Å². The summed E-state index contributed by atoms with van der Waals surface area (Å²) in [5.41, 5.74) is 0. The zero-order chi connectivity index (χ0) is 15.1. The van der Waals surface area contributed by atoms with Crippen molar-refractivity contribution in [2.45, 2.75) is 39.2 Å². The lowest BCUT2D eigenvalue weighted by Crippen LogP contribution is -2.47. The fourth-order valence-electron chi connectivity index (χ4n) is 2.68. The van der Waals surface area contributed by atoms with Crippen LogP contribution in [0.4, 0.5) is 4.79 Å². The van der Waals surface area contributed by atoms with E-state index in [1.54, 1.807) is 0 Å². The maximum atomic E-state index is 11.6. The van der Waals surface area contributed by atoms with Gasteiger partial charge in [0.1, 0.15) is 13.2 Å². The highest BCUT2D eigenvalue weighted by atomic mass is 16.5. The van der Waals surface area contributed by atoms with E-state index in [-0.39, 0.29) is 6.04 Å². The molecule has 3 N–H and O–H groups in total. The topological polar surface area (TPSA) is 105 Å². The predicted molar refractivity (Wildman–Crippen MR) is 71.1 cm³/mol. The highest BCUT2D eigenvalue weighted by Gasteiger charge is 2.25. The van der Waals surface area contributed by atoms with Crippen LogP contribution < -0.4 is 10.6 Å². The van der Waals surface area contributed by atoms with Gasteiger partial charge >= 0.3 is 12.0 Å². The number of hydrogen-bond acceptors (Lipinski definition) is 4. The lowest BCUT2D eigenvalue weighted by molar-refractivity contribution is -0.143. The van der Waals surface area contributed by atoms with E-state index >= 15 is 0 Å². The van der Waals surface area contributed by atoms with Crippen LogP contribution in [0.1, 0.15) is 33.1 Å². The monoisotopic (exact) mass is 286 g/mol. The van der Waals surface area contributed by atoms with Crippen LogP contribution in [0.25, 0.3) is 0 Å². The van der Waals surface area contributed by atoms with Crippen LogP contribution in [0.5, 0.6) is 0 Å². The fourth-order valence-corrected chi connectivity index (χ4v) is 2.68. The summed E-state index contributed by atoms with van der Waals surface area (Å²) in [5.74, 6) is -0.703. The number of ether oxygens (including phenoxy) is 1. The van der Waals surface area contributed by atoms with E-state index in [2.05, 4.69) is 29.2 Å². The molecule has 1 rings (SSSR count). The van der Waals surface area contributed by atoms with Gasteiger partial charge in [-0.25, -0.2) is 9.59 Å². The summed E-state index contributed by atoms with van der Waals surface area (Å²) in [7, 11) is 0. The van der Waals surface area contributed by atoms with Crippen LogP contribution in [0, 0.1) is 11.8 Å². The number of amides is 3. The van der Waals surface area contributed by atoms with Crippen molar-refractivity contribution in [2.24, 2.45) is 11.8 Å². The molecule has 0 bridgehead atoms. The van der Waals surface area contributed by atoms with E-state index in [0.29, 0.717) is 11.8 Å². The summed E-state index contributed by atoms with van der Waals surface area (Å²) < 4.78 is 4.59. The maximum Gasteiger partial charge on any atom is 0.329 e. The molecule has 2 unspecified atom stereocenters. The van der Waals surface area contributed by atoms with Crippen LogP contribution in [0.15, 0.2) is 0 Å². The first-order valence-electron chi connectivity index (χ1n) is 6.76. The molecule has 0 aromatic carbocycles. The van der Waals surface area contributed by atoms with Crippen molar-refractivity contribution in [1.82, 2.24) is 10.6 Å². The molecule has 0 saturated heterocycles. The number of carbonyl (C=O) groups is 3. The number of carbonyl (C=O) groups excluding carboxylic acids is 2. The third kappa shape index (κ3) is 6.51. The lowest BCUT2D eigenvalue weighted by Gasteiger charge is -2.31. The SMILES string of the molecule is CC1CC(C)CC(NC(=O)NC(=O)COCC(=O)O)C1. The Hall–Kier alpha value is -1.63. The van der Waals surface area contributed by atoms with Crippen LogP contribution in [-0.2, 0) is 14.3 Å². The Bertz CT molecular complexity index is 362. The Morgan fingerprint density at radius 2 is 1.70 bits per heavy atom. The number of urea groups is 1. The minimum Gasteiger partial charge on any atom is -0.480 e. The molecule has 2 atom stereocenters. The summed E-state index contributed by atoms with van der Waals surface area (Å²) in [5, 5.41) is 13.2. The summed E-state index contributed by atoms with van der Waals surface area (Å²) in [4.78, 5) is 33.1. The van der Waals surface area contributed by atoms with Gasteiger partial charge in [-0.1, -0.05) is 13.8 Å². The van der Waals surface area contributed by atoms with Gasteiger partial charge in [0.25, 0.3) is 5.91 Å². The smallest absolute Gasteiger partial charge is 0.329 e. The normalized spacial score (nSPS) is 25.8. The van der Waals surface area contributed by atoms with Crippen LogP contribution in [-0.4, -0.2) is 42.3 Å². The molecule has 0 spiro atoms. The zero-order valence-corrected chi connectivity index (χ0v) is 11.8. The number of rotatable bonds is 5. The van der Waals surface area contributed by atoms with Crippen molar-refractivity contribution in [1.29, 1.82) is 0 Å². The molecular weight excluding hydrogens is 264 g/mol. The highest BCUT2D eigenvalue weighted by Crippen LogP contribution is 2.28. The second-order valence-corrected chi connectivity index (χ2v) is 5.52. The van der Waals surface area contributed by atoms with Gasteiger partial charge in [-0.15, -0.1) is 0 Å². The van der Waals surface area contributed by atoms with Crippen molar-refractivity contribution < 1.29 is 24.2 Å². The first kappa shape index (κ1) is 16.4. The quantitative estimate of drug-likeness (QED) is 0.691. The number of hydrogen-bond donors (Lipinski definition) is 3. The molecule has 7 heteroatoms. The van der Waals surface area contributed by atoms with Crippen molar-refractivity contribution in [3.05, 3.63) is 0 Å². The molecule has 114 valence electrons. The van der Waals surface area contributed by atoms with Gasteiger partial charge in [0.05, 0.1) is 0 Å². The fraction of sp³-hybridized carbons (Fsp3) is 0.769. The summed E-state index contributed by atoms with van der Waals surface area (Å²) in [6.45, 7) is 3.28. The summed E-state index contributed by atoms with van der Waals surface area (Å²) >= 11 is 0. The Kier molecular flexibility index (Phi) is 6.44. The molecular formula is C13H22N2O5. The van der Waals surface area contributed by atoms with Gasteiger partial charge in [-0.2, -0.15) is 0 Å². The van der Waals surface area contributed by atoms with E-state index in [9.17, 15) is 14.4 Å². The van der Waals surface area contributed by atoms with Gasteiger partial charge in [-0.3, -0.25) is 10.1 Å². The van der Waals surface area contributed by atoms with Crippen molar-refractivity contribution >= 4 is 17.9 Å². The zero-order valence-electron chi connectivity index (χ0n) is 11.8. The van der Waals surface area contributed by atoms with Crippen molar-refractivity contribution in [3.8, 4) is 0 Å². The molecule has 1 aliphatic rings. The van der Waals surface area contributed by atoms with Crippen molar-refractivity contribution in [2.75, 3.05) is 13.2 Å². The Morgan fingerprint density at radius 1 is 1.10 bits per heavy atom.